The molecule has 96 valence electrons. The van der Waals surface area contributed by atoms with E-state index in [-0.39, 0.29) is 6.61 Å². The Morgan fingerprint density at radius 2 is 2.12 bits per heavy atom. The third-order valence-electron chi connectivity index (χ3n) is 2.72. The molecule has 0 saturated carbocycles. The molecule has 1 rings (SSSR count). The van der Waals surface area contributed by atoms with Gasteiger partial charge in [0, 0.05) is 0 Å². The summed E-state index contributed by atoms with van der Waals surface area (Å²) in [6.45, 7) is 5.20. The number of para-hydroxylation sites is 1. The van der Waals surface area contributed by atoms with Crippen LogP contribution < -0.4 is 10.1 Å². The van der Waals surface area contributed by atoms with Crippen LogP contribution in [0.25, 0.3) is 0 Å². The molecule has 3 nitrogen and oxygen atoms in total. The highest BCUT2D eigenvalue weighted by Gasteiger charge is 2.10. The zero-order valence-corrected chi connectivity index (χ0v) is 11.2. The van der Waals surface area contributed by atoms with Crippen molar-refractivity contribution in [1.29, 1.82) is 0 Å². The molecule has 0 aliphatic rings. The van der Waals surface area contributed by atoms with Crippen molar-refractivity contribution in [2.45, 2.75) is 32.4 Å². The quantitative estimate of drug-likeness (QED) is 0.778. The third-order valence-corrected chi connectivity index (χ3v) is 3.03. The molecule has 0 bridgehead atoms. The Balaban J connectivity index is 2.28. The fourth-order valence-corrected chi connectivity index (χ4v) is 1.56. The van der Waals surface area contributed by atoms with E-state index in [1.807, 2.05) is 12.1 Å². The number of halogens is 1. The van der Waals surface area contributed by atoms with E-state index < -0.39 is 6.10 Å². The van der Waals surface area contributed by atoms with Gasteiger partial charge in [0.15, 0.2) is 0 Å². The minimum absolute atomic E-state index is 0.274. The Morgan fingerprint density at radius 1 is 1.41 bits per heavy atom. The molecule has 0 spiro atoms. The summed E-state index contributed by atoms with van der Waals surface area (Å²) in [6.07, 6.45) is 0.623. The van der Waals surface area contributed by atoms with Gasteiger partial charge in [0.25, 0.3) is 0 Å². The number of quaternary nitrogens is 1. The van der Waals surface area contributed by atoms with Gasteiger partial charge >= 0.3 is 0 Å². The molecule has 0 aliphatic carbocycles. The van der Waals surface area contributed by atoms with Crippen molar-refractivity contribution in [3.63, 3.8) is 0 Å². The molecule has 4 heteroatoms. The maximum absolute atomic E-state index is 9.75. The first-order valence-electron chi connectivity index (χ1n) is 6.02. The van der Waals surface area contributed by atoms with E-state index in [0.29, 0.717) is 23.4 Å². The van der Waals surface area contributed by atoms with Crippen LogP contribution in [0.2, 0.25) is 5.02 Å². The first-order valence-corrected chi connectivity index (χ1v) is 6.40. The zero-order valence-electron chi connectivity index (χ0n) is 10.4. The number of ether oxygens (including phenoxy) is 1. The lowest BCUT2D eigenvalue weighted by Gasteiger charge is -2.14. The number of nitrogens with two attached hydrogens (primary N) is 1. The first kappa shape index (κ1) is 14.3. The number of aliphatic hydroxyl groups is 1. The minimum Gasteiger partial charge on any atom is -0.489 e. The summed E-state index contributed by atoms with van der Waals surface area (Å²) in [4.78, 5) is 0. The van der Waals surface area contributed by atoms with Crippen molar-refractivity contribution in [2.24, 2.45) is 0 Å². The molecule has 0 radical (unpaired) electrons. The predicted molar refractivity (Wildman–Crippen MR) is 69.5 cm³/mol. The summed E-state index contributed by atoms with van der Waals surface area (Å²) in [7, 11) is 0. The first-order chi connectivity index (χ1) is 8.13. The van der Waals surface area contributed by atoms with E-state index in [1.54, 1.807) is 12.1 Å². The standard InChI is InChI=1S/C13H20ClNO2/c1-3-10(2)15-8-11(16)9-17-13-7-5-4-6-12(13)14/h4-7,10-11,15-16H,3,8-9H2,1-2H3/p+1/t10-,11-/m1/s1. The van der Waals surface area contributed by atoms with Gasteiger partial charge in [0.05, 0.1) is 11.1 Å². The summed E-state index contributed by atoms with van der Waals surface area (Å²) in [5, 5.41) is 12.4. The second-order valence-electron chi connectivity index (χ2n) is 4.25. The van der Waals surface area contributed by atoms with Gasteiger partial charge in [-0.3, -0.25) is 0 Å². The van der Waals surface area contributed by atoms with Crippen LogP contribution in [0.3, 0.4) is 0 Å². The monoisotopic (exact) mass is 258 g/mol. The molecule has 0 saturated heterocycles. The Kier molecular flexibility index (Phi) is 6.34. The second-order valence-corrected chi connectivity index (χ2v) is 4.66. The number of aliphatic hydroxyl groups excluding tert-OH is 1. The van der Waals surface area contributed by atoms with Crippen molar-refractivity contribution >= 4 is 11.6 Å². The molecule has 1 aromatic carbocycles. The molecule has 17 heavy (non-hydrogen) atoms. The van der Waals surface area contributed by atoms with Crippen molar-refractivity contribution in [3.05, 3.63) is 29.3 Å². The molecule has 0 fully saturated rings. The van der Waals surface area contributed by atoms with Gasteiger partial charge in [-0.15, -0.1) is 0 Å². The van der Waals surface area contributed by atoms with Crippen molar-refractivity contribution in [2.75, 3.05) is 13.2 Å². The van der Waals surface area contributed by atoms with E-state index in [2.05, 4.69) is 19.2 Å². The molecule has 0 aromatic heterocycles. The fraction of sp³-hybridized carbons (Fsp3) is 0.538. The Hall–Kier alpha value is -0.770. The normalized spacial score (nSPS) is 14.4. The maximum atomic E-state index is 9.75. The molecule has 0 unspecified atom stereocenters. The SMILES string of the molecule is CC[C@@H](C)[NH2+]C[C@@H](O)COc1ccccc1Cl. The van der Waals surface area contributed by atoms with Crippen LogP contribution in [0.5, 0.6) is 5.75 Å². The number of hydrogen-bond acceptors (Lipinski definition) is 2. The molecular formula is C13H21ClNO2+. The Bertz CT molecular complexity index is 333. The largest absolute Gasteiger partial charge is 0.489 e. The minimum atomic E-state index is -0.472. The van der Waals surface area contributed by atoms with Crippen molar-refractivity contribution in [3.8, 4) is 5.75 Å². The van der Waals surface area contributed by atoms with Crippen molar-refractivity contribution in [1.82, 2.24) is 0 Å². The Labute approximate surface area is 108 Å². The summed E-state index contributed by atoms with van der Waals surface area (Å²) in [5.41, 5.74) is 0. The molecule has 0 aliphatic heterocycles. The molecule has 1 aromatic rings. The van der Waals surface area contributed by atoms with Crippen LogP contribution in [-0.2, 0) is 0 Å². The maximum Gasteiger partial charge on any atom is 0.138 e. The van der Waals surface area contributed by atoms with E-state index >= 15 is 0 Å². The van der Waals surface area contributed by atoms with Gasteiger partial charge in [-0.1, -0.05) is 30.7 Å². The fourth-order valence-electron chi connectivity index (χ4n) is 1.37. The zero-order chi connectivity index (χ0) is 12.7. The van der Waals surface area contributed by atoms with Gasteiger partial charge in [0.2, 0.25) is 0 Å². The van der Waals surface area contributed by atoms with Gasteiger partial charge < -0.3 is 15.2 Å². The second kappa shape index (κ2) is 7.54. The lowest BCUT2D eigenvalue weighted by Crippen LogP contribution is -2.91. The average Bonchev–Trinajstić information content (AvgIpc) is 2.35. The highest BCUT2D eigenvalue weighted by Crippen LogP contribution is 2.22. The van der Waals surface area contributed by atoms with Gasteiger partial charge in [-0.2, -0.15) is 0 Å². The summed E-state index contributed by atoms with van der Waals surface area (Å²) in [6, 6.07) is 7.81. The molecule has 3 N–H and O–H groups in total. The van der Waals surface area contributed by atoms with Crippen LogP contribution in [0.4, 0.5) is 0 Å². The lowest BCUT2D eigenvalue weighted by molar-refractivity contribution is -0.691. The van der Waals surface area contributed by atoms with Gasteiger partial charge in [0.1, 0.15) is 25.0 Å². The smallest absolute Gasteiger partial charge is 0.138 e. The van der Waals surface area contributed by atoms with E-state index in [9.17, 15) is 5.11 Å². The highest BCUT2D eigenvalue weighted by atomic mass is 35.5. The average molecular weight is 259 g/mol. The van der Waals surface area contributed by atoms with E-state index in [4.69, 9.17) is 16.3 Å². The van der Waals surface area contributed by atoms with Crippen LogP contribution >= 0.6 is 11.6 Å². The molecule has 0 amide bonds. The summed E-state index contributed by atoms with van der Waals surface area (Å²) >= 11 is 5.94. The number of rotatable bonds is 7. The molecular weight excluding hydrogens is 238 g/mol. The third kappa shape index (κ3) is 5.39. The van der Waals surface area contributed by atoms with Gasteiger partial charge in [-0.25, -0.2) is 0 Å². The number of hydrogen-bond donors (Lipinski definition) is 2. The summed E-state index contributed by atoms with van der Waals surface area (Å²) < 4.78 is 5.46. The molecule has 0 heterocycles. The predicted octanol–water partition coefficient (Wildman–Crippen LogP) is 1.44. The van der Waals surface area contributed by atoms with E-state index in [1.165, 1.54) is 0 Å². The lowest BCUT2D eigenvalue weighted by atomic mass is 10.2. The van der Waals surface area contributed by atoms with Crippen LogP contribution in [0, 0.1) is 0 Å². The topological polar surface area (TPSA) is 46.1 Å². The van der Waals surface area contributed by atoms with Crippen LogP contribution in [0.15, 0.2) is 24.3 Å². The van der Waals surface area contributed by atoms with Crippen molar-refractivity contribution < 1.29 is 15.2 Å². The highest BCUT2D eigenvalue weighted by molar-refractivity contribution is 6.32. The summed E-state index contributed by atoms with van der Waals surface area (Å²) in [5.74, 6) is 0.622. The molecule has 2 atom stereocenters. The number of benzene rings is 1. The van der Waals surface area contributed by atoms with Gasteiger partial charge in [-0.05, 0) is 25.5 Å². The van der Waals surface area contributed by atoms with Crippen LogP contribution in [-0.4, -0.2) is 30.4 Å². The van der Waals surface area contributed by atoms with E-state index in [0.717, 1.165) is 6.42 Å². The van der Waals surface area contributed by atoms with Crippen LogP contribution in [0.1, 0.15) is 20.3 Å². The Morgan fingerprint density at radius 3 is 2.76 bits per heavy atom.